The third-order valence-corrected chi connectivity index (χ3v) is 1.60. The normalized spacial score (nSPS) is 10.2. The van der Waals surface area contributed by atoms with Gasteiger partial charge in [0.2, 0.25) is 0 Å². The van der Waals surface area contributed by atoms with Gasteiger partial charge < -0.3 is 20.4 Å². The standard InChI is InChI=1S/C8H11NO4/c10-4-9-3-6-7(12)1-5(11)2-8(6)13/h1-2,9-13H,3-4H2. The van der Waals surface area contributed by atoms with Gasteiger partial charge in [0, 0.05) is 24.2 Å². The molecular formula is C8H11NO4. The lowest BCUT2D eigenvalue weighted by molar-refractivity contribution is 0.257. The number of phenolic OH excluding ortho intramolecular Hbond substituents is 3. The minimum absolute atomic E-state index is 0.133. The van der Waals surface area contributed by atoms with Crippen molar-refractivity contribution in [2.45, 2.75) is 6.54 Å². The minimum atomic E-state index is -0.250. The Morgan fingerprint density at radius 1 is 1.08 bits per heavy atom. The molecule has 72 valence electrons. The first kappa shape index (κ1) is 9.63. The molecule has 0 amide bonds. The van der Waals surface area contributed by atoms with Crippen molar-refractivity contribution in [3.8, 4) is 17.2 Å². The summed E-state index contributed by atoms with van der Waals surface area (Å²) in [5, 5.41) is 38.4. The van der Waals surface area contributed by atoms with Crippen LogP contribution in [0, 0.1) is 0 Å². The summed E-state index contributed by atoms with van der Waals surface area (Å²) in [5.74, 6) is -0.625. The van der Waals surface area contributed by atoms with Crippen molar-refractivity contribution in [3.05, 3.63) is 17.7 Å². The van der Waals surface area contributed by atoms with E-state index in [0.29, 0.717) is 0 Å². The minimum Gasteiger partial charge on any atom is -0.508 e. The van der Waals surface area contributed by atoms with E-state index < -0.39 is 0 Å². The number of aliphatic hydroxyl groups excluding tert-OH is 1. The number of benzene rings is 1. The highest BCUT2D eigenvalue weighted by Gasteiger charge is 2.08. The molecule has 0 aromatic heterocycles. The molecule has 0 bridgehead atoms. The highest BCUT2D eigenvalue weighted by atomic mass is 16.3. The van der Waals surface area contributed by atoms with Crippen LogP contribution in [0.3, 0.4) is 0 Å². The van der Waals surface area contributed by atoms with Gasteiger partial charge in [0.1, 0.15) is 17.2 Å². The van der Waals surface area contributed by atoms with Crippen molar-refractivity contribution in [2.75, 3.05) is 6.73 Å². The molecule has 0 atom stereocenters. The zero-order valence-electron chi connectivity index (χ0n) is 6.86. The van der Waals surface area contributed by atoms with Crippen LogP contribution < -0.4 is 5.32 Å². The molecule has 1 aromatic rings. The van der Waals surface area contributed by atoms with Gasteiger partial charge in [-0.15, -0.1) is 0 Å². The van der Waals surface area contributed by atoms with Crippen LogP contribution in [0.25, 0.3) is 0 Å². The van der Waals surface area contributed by atoms with E-state index in [0.717, 1.165) is 12.1 Å². The second-order valence-electron chi connectivity index (χ2n) is 2.55. The van der Waals surface area contributed by atoms with Gasteiger partial charge >= 0.3 is 0 Å². The third kappa shape index (κ3) is 2.24. The van der Waals surface area contributed by atoms with E-state index >= 15 is 0 Å². The molecule has 0 saturated heterocycles. The van der Waals surface area contributed by atoms with Gasteiger partial charge in [-0.3, -0.25) is 5.32 Å². The second kappa shape index (κ2) is 3.97. The van der Waals surface area contributed by atoms with Crippen molar-refractivity contribution in [2.24, 2.45) is 0 Å². The Morgan fingerprint density at radius 2 is 1.62 bits per heavy atom. The van der Waals surface area contributed by atoms with Gasteiger partial charge in [0.25, 0.3) is 0 Å². The van der Waals surface area contributed by atoms with E-state index in [1.165, 1.54) is 0 Å². The van der Waals surface area contributed by atoms with Gasteiger partial charge in [0.05, 0.1) is 6.73 Å². The van der Waals surface area contributed by atoms with E-state index in [-0.39, 0.29) is 36.1 Å². The average molecular weight is 185 g/mol. The first-order valence-corrected chi connectivity index (χ1v) is 3.70. The lowest BCUT2D eigenvalue weighted by Gasteiger charge is -2.07. The van der Waals surface area contributed by atoms with Crippen molar-refractivity contribution >= 4 is 0 Å². The maximum atomic E-state index is 9.26. The van der Waals surface area contributed by atoms with Crippen LogP contribution in [-0.2, 0) is 6.54 Å². The van der Waals surface area contributed by atoms with Crippen molar-refractivity contribution in [3.63, 3.8) is 0 Å². The topological polar surface area (TPSA) is 93.0 Å². The molecule has 1 rings (SSSR count). The molecule has 0 saturated carbocycles. The Labute approximate surface area is 74.9 Å². The summed E-state index contributed by atoms with van der Waals surface area (Å²) in [5.41, 5.74) is 0.242. The Bertz CT molecular complexity index is 277. The summed E-state index contributed by atoms with van der Waals surface area (Å²) in [6, 6.07) is 2.24. The van der Waals surface area contributed by atoms with Crippen LogP contribution in [0.2, 0.25) is 0 Å². The number of rotatable bonds is 3. The summed E-state index contributed by atoms with van der Waals surface area (Å²) in [7, 11) is 0. The number of hydrogen-bond acceptors (Lipinski definition) is 5. The Morgan fingerprint density at radius 3 is 2.08 bits per heavy atom. The first-order valence-electron chi connectivity index (χ1n) is 3.70. The molecule has 13 heavy (non-hydrogen) atoms. The SMILES string of the molecule is OCNCc1c(O)cc(O)cc1O. The Balaban J connectivity index is 2.92. The summed E-state index contributed by atoms with van der Waals surface area (Å²) in [6.45, 7) is -0.117. The number of nitrogens with one attached hydrogen (secondary N) is 1. The van der Waals surface area contributed by atoms with Gasteiger partial charge in [0.15, 0.2) is 0 Å². The van der Waals surface area contributed by atoms with E-state index in [4.69, 9.17) is 10.2 Å². The fraction of sp³-hybridized carbons (Fsp3) is 0.250. The maximum Gasteiger partial charge on any atom is 0.127 e. The first-order chi connectivity index (χ1) is 6.15. The monoisotopic (exact) mass is 185 g/mol. The Hall–Kier alpha value is -1.46. The van der Waals surface area contributed by atoms with Gasteiger partial charge in [-0.1, -0.05) is 0 Å². The van der Waals surface area contributed by atoms with Crippen molar-refractivity contribution < 1.29 is 20.4 Å². The van der Waals surface area contributed by atoms with Crippen molar-refractivity contribution in [1.29, 1.82) is 0 Å². The number of hydrogen-bond donors (Lipinski definition) is 5. The molecular weight excluding hydrogens is 174 g/mol. The summed E-state index contributed by atoms with van der Waals surface area (Å²) in [6.07, 6.45) is 0. The number of phenols is 3. The van der Waals surface area contributed by atoms with E-state index in [1.54, 1.807) is 0 Å². The lowest BCUT2D eigenvalue weighted by Crippen LogP contribution is -2.13. The van der Waals surface area contributed by atoms with Crippen LogP contribution in [0.4, 0.5) is 0 Å². The molecule has 0 aliphatic rings. The highest BCUT2D eigenvalue weighted by molar-refractivity contribution is 5.48. The van der Waals surface area contributed by atoms with Gasteiger partial charge in [-0.2, -0.15) is 0 Å². The lowest BCUT2D eigenvalue weighted by atomic mass is 10.1. The maximum absolute atomic E-state index is 9.26. The van der Waals surface area contributed by atoms with Crippen LogP contribution in [-0.4, -0.2) is 27.2 Å². The molecule has 5 heteroatoms. The molecule has 0 radical (unpaired) electrons. The van der Waals surface area contributed by atoms with Crippen molar-refractivity contribution in [1.82, 2.24) is 5.32 Å². The molecule has 5 nitrogen and oxygen atoms in total. The van der Waals surface area contributed by atoms with E-state index in [9.17, 15) is 10.2 Å². The molecule has 0 fully saturated rings. The zero-order chi connectivity index (χ0) is 9.84. The summed E-state index contributed by atoms with van der Waals surface area (Å²) < 4.78 is 0. The van der Waals surface area contributed by atoms with Crippen LogP contribution >= 0.6 is 0 Å². The van der Waals surface area contributed by atoms with E-state index in [1.807, 2.05) is 0 Å². The summed E-state index contributed by atoms with van der Waals surface area (Å²) in [4.78, 5) is 0. The number of aliphatic hydroxyl groups is 1. The fourth-order valence-corrected chi connectivity index (χ4v) is 0.989. The third-order valence-electron chi connectivity index (χ3n) is 1.60. The molecule has 0 unspecified atom stereocenters. The fourth-order valence-electron chi connectivity index (χ4n) is 0.989. The molecule has 0 aliphatic heterocycles. The zero-order valence-corrected chi connectivity index (χ0v) is 6.86. The second-order valence-corrected chi connectivity index (χ2v) is 2.55. The molecule has 5 N–H and O–H groups in total. The predicted octanol–water partition coefficient (Wildman–Crippen LogP) is -0.157. The average Bonchev–Trinajstić information content (AvgIpc) is 2.02. The molecule has 1 aromatic carbocycles. The van der Waals surface area contributed by atoms with Crippen LogP contribution in [0.5, 0.6) is 17.2 Å². The summed E-state index contributed by atoms with van der Waals surface area (Å²) >= 11 is 0. The van der Waals surface area contributed by atoms with Crippen LogP contribution in [0.1, 0.15) is 5.56 Å². The molecule has 0 spiro atoms. The van der Waals surface area contributed by atoms with Crippen LogP contribution in [0.15, 0.2) is 12.1 Å². The van der Waals surface area contributed by atoms with E-state index in [2.05, 4.69) is 5.32 Å². The highest BCUT2D eigenvalue weighted by Crippen LogP contribution is 2.31. The Kier molecular flexibility index (Phi) is 2.94. The van der Waals surface area contributed by atoms with Gasteiger partial charge in [-0.25, -0.2) is 0 Å². The quantitative estimate of drug-likeness (QED) is 0.422. The largest absolute Gasteiger partial charge is 0.508 e. The predicted molar refractivity (Wildman–Crippen MR) is 45.4 cm³/mol. The molecule has 0 heterocycles. The number of aromatic hydroxyl groups is 3. The smallest absolute Gasteiger partial charge is 0.127 e. The van der Waals surface area contributed by atoms with Gasteiger partial charge in [-0.05, 0) is 0 Å². The molecule has 0 aliphatic carbocycles.